The molecule has 3 unspecified atom stereocenters. The van der Waals surface area contributed by atoms with Crippen molar-refractivity contribution < 1.29 is 4.39 Å². The Kier molecular flexibility index (Phi) is 4.94. The van der Waals surface area contributed by atoms with Crippen molar-refractivity contribution in [3.8, 4) is 0 Å². The van der Waals surface area contributed by atoms with Gasteiger partial charge in [0.15, 0.2) is 0 Å². The van der Waals surface area contributed by atoms with E-state index in [1.54, 1.807) is 12.1 Å². The summed E-state index contributed by atoms with van der Waals surface area (Å²) in [5, 5.41) is 0.813. The average molecular weight is 399 g/mol. The minimum atomic E-state index is -0.169. The van der Waals surface area contributed by atoms with Gasteiger partial charge in [-0.2, -0.15) is 0 Å². The lowest BCUT2D eigenvalue weighted by molar-refractivity contribution is 0.0146. The predicted octanol–water partition coefficient (Wildman–Crippen LogP) is 5.47. The number of hydrogen-bond acceptors (Lipinski definition) is 2. The van der Waals surface area contributed by atoms with Gasteiger partial charge in [-0.1, -0.05) is 36.2 Å². The van der Waals surface area contributed by atoms with Crippen LogP contribution < -0.4 is 0 Å². The normalized spacial score (nSPS) is 28.9. The molecule has 1 heterocycles. The van der Waals surface area contributed by atoms with Gasteiger partial charge in [0.1, 0.15) is 5.82 Å². The number of benzene rings is 2. The molecule has 0 aromatic heterocycles. The van der Waals surface area contributed by atoms with Crippen molar-refractivity contribution in [2.24, 2.45) is 5.92 Å². The number of rotatable bonds is 3. The lowest BCUT2D eigenvalue weighted by Gasteiger charge is -2.48. The molecule has 0 radical (unpaired) electrons. The fourth-order valence-corrected chi connectivity index (χ4v) is 5.71. The highest BCUT2D eigenvalue weighted by atomic mass is 35.5. The third kappa shape index (κ3) is 3.28. The summed E-state index contributed by atoms with van der Waals surface area (Å²) in [7, 11) is 2.29. The monoisotopic (exact) mass is 398 g/mol. The van der Waals surface area contributed by atoms with Crippen molar-refractivity contribution >= 4 is 11.6 Å². The molecule has 2 aliphatic carbocycles. The molecule has 2 nitrogen and oxygen atoms in total. The number of likely N-dealkylation sites (N-methyl/N-ethyl adjacent to an activating group) is 1. The van der Waals surface area contributed by atoms with E-state index in [9.17, 15) is 4.39 Å². The first-order valence-corrected chi connectivity index (χ1v) is 11.0. The number of halogens is 2. The summed E-state index contributed by atoms with van der Waals surface area (Å²) in [6.07, 6.45) is 5.22. The van der Waals surface area contributed by atoms with E-state index in [0.29, 0.717) is 18.0 Å². The van der Waals surface area contributed by atoms with Gasteiger partial charge in [0.25, 0.3) is 0 Å². The van der Waals surface area contributed by atoms with Crippen LogP contribution in [0.15, 0.2) is 42.5 Å². The largest absolute Gasteiger partial charge is 0.301 e. The number of hydrogen-bond donors (Lipinski definition) is 0. The highest BCUT2D eigenvalue weighted by molar-refractivity contribution is 6.30. The van der Waals surface area contributed by atoms with Crippen molar-refractivity contribution in [3.63, 3.8) is 0 Å². The molecule has 1 saturated heterocycles. The second-order valence-corrected chi connectivity index (χ2v) is 9.30. The zero-order valence-electron chi connectivity index (χ0n) is 16.5. The van der Waals surface area contributed by atoms with E-state index >= 15 is 0 Å². The minimum Gasteiger partial charge on any atom is -0.301 e. The molecule has 0 spiro atoms. The molecule has 148 valence electrons. The Labute approximate surface area is 172 Å². The van der Waals surface area contributed by atoms with Crippen molar-refractivity contribution in [1.29, 1.82) is 0 Å². The summed E-state index contributed by atoms with van der Waals surface area (Å²) in [6.45, 7) is 3.38. The average Bonchev–Trinajstić information content (AvgIpc) is 3.01. The zero-order chi connectivity index (χ0) is 19.3. The molecular formula is C24H28ClFN2. The van der Waals surface area contributed by atoms with Gasteiger partial charge in [0.2, 0.25) is 0 Å². The minimum absolute atomic E-state index is 0.169. The Morgan fingerprint density at radius 1 is 1.00 bits per heavy atom. The maximum Gasteiger partial charge on any atom is 0.123 e. The van der Waals surface area contributed by atoms with E-state index in [1.807, 2.05) is 18.2 Å². The maximum atomic E-state index is 13.5. The molecule has 4 heteroatoms. The van der Waals surface area contributed by atoms with E-state index < -0.39 is 0 Å². The molecule has 3 atom stereocenters. The standard InChI is InChI=1S/C24H28ClFN2/c1-27-11-12-28(15-24(27)17-3-2-4-17)23-14-21(16-5-8-19(26)9-6-16)20-10-7-18(25)13-22(20)23/h5-10,13,17,21,23-24H,2-4,11-12,14-15H2,1H3. The molecule has 0 N–H and O–H groups in total. The highest BCUT2D eigenvalue weighted by Crippen LogP contribution is 2.48. The van der Waals surface area contributed by atoms with Crippen LogP contribution in [0.1, 0.15) is 54.3 Å². The van der Waals surface area contributed by atoms with Crippen LogP contribution in [0.4, 0.5) is 4.39 Å². The first-order chi connectivity index (χ1) is 13.6. The second-order valence-electron chi connectivity index (χ2n) is 8.86. The third-order valence-corrected chi connectivity index (χ3v) is 7.61. The Morgan fingerprint density at radius 2 is 1.79 bits per heavy atom. The summed E-state index contributed by atoms with van der Waals surface area (Å²) in [5.41, 5.74) is 3.94. The fraction of sp³-hybridized carbons (Fsp3) is 0.500. The number of piperazine rings is 1. The molecule has 0 bridgehead atoms. The van der Waals surface area contributed by atoms with Crippen LogP contribution in [0.5, 0.6) is 0 Å². The van der Waals surface area contributed by atoms with Gasteiger partial charge in [-0.3, -0.25) is 4.90 Å². The van der Waals surface area contributed by atoms with Crippen molar-refractivity contribution in [1.82, 2.24) is 9.80 Å². The van der Waals surface area contributed by atoms with Crippen LogP contribution >= 0.6 is 11.6 Å². The quantitative estimate of drug-likeness (QED) is 0.676. The summed E-state index contributed by atoms with van der Waals surface area (Å²) in [5.74, 6) is 1.01. The van der Waals surface area contributed by atoms with E-state index in [2.05, 4.69) is 29.0 Å². The van der Waals surface area contributed by atoms with Crippen LogP contribution in [0.2, 0.25) is 5.02 Å². The van der Waals surface area contributed by atoms with Gasteiger partial charge < -0.3 is 4.90 Å². The summed E-state index contributed by atoms with van der Waals surface area (Å²) < 4.78 is 13.5. The fourth-order valence-electron chi connectivity index (χ4n) is 5.52. The van der Waals surface area contributed by atoms with Gasteiger partial charge in [-0.15, -0.1) is 0 Å². The van der Waals surface area contributed by atoms with Crippen molar-refractivity contribution in [2.75, 3.05) is 26.7 Å². The molecule has 3 aliphatic rings. The summed E-state index contributed by atoms with van der Waals surface area (Å²) >= 11 is 6.40. The van der Waals surface area contributed by atoms with E-state index in [4.69, 9.17) is 11.6 Å². The maximum absolute atomic E-state index is 13.5. The van der Waals surface area contributed by atoms with Crippen LogP contribution in [0, 0.1) is 11.7 Å². The molecule has 5 rings (SSSR count). The Balaban J connectivity index is 1.45. The van der Waals surface area contributed by atoms with Crippen LogP contribution in [-0.4, -0.2) is 42.5 Å². The van der Waals surface area contributed by atoms with Gasteiger partial charge in [0, 0.05) is 42.7 Å². The first-order valence-electron chi connectivity index (χ1n) is 10.6. The van der Waals surface area contributed by atoms with Gasteiger partial charge in [-0.05, 0) is 73.2 Å². The van der Waals surface area contributed by atoms with Crippen LogP contribution in [0.3, 0.4) is 0 Å². The number of nitrogens with zero attached hydrogens (tertiary/aromatic N) is 2. The van der Waals surface area contributed by atoms with E-state index in [1.165, 1.54) is 36.0 Å². The predicted molar refractivity (Wildman–Crippen MR) is 112 cm³/mol. The molecular weight excluding hydrogens is 371 g/mol. The van der Waals surface area contributed by atoms with Gasteiger partial charge in [0.05, 0.1) is 0 Å². The highest BCUT2D eigenvalue weighted by Gasteiger charge is 2.40. The lowest BCUT2D eigenvalue weighted by Crippen LogP contribution is -2.56. The Bertz CT molecular complexity index is 846. The van der Waals surface area contributed by atoms with Crippen molar-refractivity contribution in [2.45, 2.75) is 43.7 Å². The van der Waals surface area contributed by atoms with Crippen LogP contribution in [-0.2, 0) is 0 Å². The van der Waals surface area contributed by atoms with Crippen LogP contribution in [0.25, 0.3) is 0 Å². The SMILES string of the molecule is CN1CCN(C2CC(c3ccc(F)cc3)c3ccc(Cl)cc32)CC1C1CCC1. The molecule has 1 aliphatic heterocycles. The second kappa shape index (κ2) is 7.44. The smallest absolute Gasteiger partial charge is 0.123 e. The molecule has 28 heavy (non-hydrogen) atoms. The summed E-state index contributed by atoms with van der Waals surface area (Å²) in [4.78, 5) is 5.27. The topological polar surface area (TPSA) is 6.48 Å². The van der Waals surface area contributed by atoms with E-state index in [-0.39, 0.29) is 5.82 Å². The first kappa shape index (κ1) is 18.6. The zero-order valence-corrected chi connectivity index (χ0v) is 17.2. The van der Waals surface area contributed by atoms with E-state index in [0.717, 1.165) is 37.0 Å². The Hall–Kier alpha value is -1.42. The van der Waals surface area contributed by atoms with Gasteiger partial charge in [-0.25, -0.2) is 4.39 Å². The molecule has 0 amide bonds. The van der Waals surface area contributed by atoms with Gasteiger partial charge >= 0.3 is 0 Å². The Morgan fingerprint density at radius 3 is 2.50 bits per heavy atom. The summed E-state index contributed by atoms with van der Waals surface area (Å²) in [6, 6.07) is 14.5. The molecule has 2 fully saturated rings. The number of fused-ring (bicyclic) bond motifs is 1. The third-order valence-electron chi connectivity index (χ3n) is 7.38. The molecule has 2 aromatic rings. The van der Waals surface area contributed by atoms with Crippen molar-refractivity contribution in [3.05, 3.63) is 70.0 Å². The molecule has 1 saturated carbocycles. The molecule has 2 aromatic carbocycles. The lowest BCUT2D eigenvalue weighted by atomic mass is 9.78.